The summed E-state index contributed by atoms with van der Waals surface area (Å²) in [6, 6.07) is 6.91. The van der Waals surface area contributed by atoms with Crippen molar-refractivity contribution in [3.63, 3.8) is 0 Å². The zero-order chi connectivity index (χ0) is 10.8. The second-order valence-corrected chi connectivity index (χ2v) is 5.26. The lowest BCUT2D eigenvalue weighted by atomic mass is 9.91. The summed E-state index contributed by atoms with van der Waals surface area (Å²) >= 11 is 3.42. The Morgan fingerprint density at radius 2 is 2.20 bits per heavy atom. The normalized spacial score (nSPS) is 16.7. The van der Waals surface area contributed by atoms with Gasteiger partial charge < -0.3 is 5.73 Å². The summed E-state index contributed by atoms with van der Waals surface area (Å²) < 4.78 is 1.05. The molecule has 1 fully saturated rings. The van der Waals surface area contributed by atoms with Crippen molar-refractivity contribution in [1.82, 2.24) is 4.90 Å². The quantitative estimate of drug-likeness (QED) is 0.855. The van der Waals surface area contributed by atoms with E-state index in [0.717, 1.165) is 22.7 Å². The fourth-order valence-electron chi connectivity index (χ4n) is 1.94. The van der Waals surface area contributed by atoms with Crippen LogP contribution in [0.4, 0.5) is 5.69 Å². The van der Waals surface area contributed by atoms with Gasteiger partial charge in [-0.3, -0.25) is 4.90 Å². The van der Waals surface area contributed by atoms with Gasteiger partial charge in [-0.05, 0) is 37.6 Å². The summed E-state index contributed by atoms with van der Waals surface area (Å²) in [7, 11) is 2.19. The Kier molecular flexibility index (Phi) is 3.32. The van der Waals surface area contributed by atoms with Crippen LogP contribution in [0.1, 0.15) is 24.8 Å². The van der Waals surface area contributed by atoms with E-state index in [2.05, 4.69) is 40.0 Å². The number of hydrogen-bond donors (Lipinski definition) is 1. The fraction of sp³-hybridized carbons (Fsp3) is 0.500. The van der Waals surface area contributed by atoms with Crippen molar-refractivity contribution >= 4 is 21.6 Å². The highest BCUT2D eigenvalue weighted by Gasteiger charge is 2.22. The minimum absolute atomic E-state index is 0.771. The van der Waals surface area contributed by atoms with Crippen LogP contribution in [-0.4, -0.2) is 18.0 Å². The molecule has 3 heteroatoms. The minimum atomic E-state index is 0.771. The first-order valence-electron chi connectivity index (χ1n) is 5.41. The van der Waals surface area contributed by atoms with Crippen molar-refractivity contribution in [1.29, 1.82) is 0 Å². The number of nitrogens with two attached hydrogens (primary N) is 1. The topological polar surface area (TPSA) is 29.3 Å². The lowest BCUT2D eigenvalue weighted by Crippen LogP contribution is -2.36. The molecule has 2 rings (SSSR count). The lowest BCUT2D eigenvalue weighted by Gasteiger charge is -2.35. The molecule has 1 aromatic carbocycles. The summed E-state index contributed by atoms with van der Waals surface area (Å²) in [6.07, 6.45) is 4.06. The van der Waals surface area contributed by atoms with Crippen LogP contribution in [-0.2, 0) is 6.54 Å². The molecule has 0 aromatic heterocycles. The van der Waals surface area contributed by atoms with Gasteiger partial charge in [0.05, 0.1) is 0 Å². The Balaban J connectivity index is 2.03. The van der Waals surface area contributed by atoms with Gasteiger partial charge in [-0.1, -0.05) is 28.4 Å². The Morgan fingerprint density at radius 3 is 2.73 bits per heavy atom. The van der Waals surface area contributed by atoms with Crippen LogP contribution in [0.25, 0.3) is 0 Å². The van der Waals surface area contributed by atoms with Gasteiger partial charge in [-0.25, -0.2) is 0 Å². The molecule has 2 N–H and O–H groups in total. The van der Waals surface area contributed by atoms with Crippen molar-refractivity contribution in [2.24, 2.45) is 0 Å². The van der Waals surface area contributed by atoms with E-state index in [-0.39, 0.29) is 0 Å². The number of halogens is 1. The minimum Gasteiger partial charge on any atom is -0.398 e. The van der Waals surface area contributed by atoms with E-state index in [1.165, 1.54) is 24.8 Å². The number of hydrogen-bond acceptors (Lipinski definition) is 2. The molecule has 0 bridgehead atoms. The van der Waals surface area contributed by atoms with Crippen LogP contribution in [0, 0.1) is 0 Å². The molecule has 0 aliphatic heterocycles. The first kappa shape index (κ1) is 11.0. The second-order valence-electron chi connectivity index (χ2n) is 4.34. The number of anilines is 1. The van der Waals surface area contributed by atoms with E-state index in [9.17, 15) is 0 Å². The zero-order valence-electron chi connectivity index (χ0n) is 9.04. The number of nitrogen functional groups attached to an aromatic ring is 1. The maximum atomic E-state index is 5.97. The smallest absolute Gasteiger partial charge is 0.0371 e. The molecule has 0 radical (unpaired) electrons. The van der Waals surface area contributed by atoms with Gasteiger partial charge in [0, 0.05) is 22.7 Å². The summed E-state index contributed by atoms with van der Waals surface area (Å²) in [5.41, 5.74) is 8.09. The van der Waals surface area contributed by atoms with Gasteiger partial charge in [0.15, 0.2) is 0 Å². The van der Waals surface area contributed by atoms with Gasteiger partial charge in [-0.15, -0.1) is 0 Å². The molecule has 82 valence electrons. The molecule has 0 heterocycles. The van der Waals surface area contributed by atoms with Crippen LogP contribution < -0.4 is 5.73 Å². The van der Waals surface area contributed by atoms with Crippen molar-refractivity contribution < 1.29 is 0 Å². The van der Waals surface area contributed by atoms with E-state index in [0.29, 0.717) is 0 Å². The van der Waals surface area contributed by atoms with Gasteiger partial charge in [-0.2, -0.15) is 0 Å². The van der Waals surface area contributed by atoms with Crippen LogP contribution in [0.15, 0.2) is 22.7 Å². The van der Waals surface area contributed by atoms with Gasteiger partial charge in [0.2, 0.25) is 0 Å². The highest BCUT2D eigenvalue weighted by atomic mass is 79.9. The van der Waals surface area contributed by atoms with Crippen LogP contribution in [0.3, 0.4) is 0 Å². The molecule has 1 aromatic rings. The third-order valence-electron chi connectivity index (χ3n) is 3.23. The Labute approximate surface area is 99.6 Å². The monoisotopic (exact) mass is 268 g/mol. The van der Waals surface area contributed by atoms with Crippen molar-refractivity contribution in [3.8, 4) is 0 Å². The highest BCUT2D eigenvalue weighted by Crippen LogP contribution is 2.26. The Morgan fingerprint density at radius 1 is 1.47 bits per heavy atom. The number of rotatable bonds is 3. The largest absolute Gasteiger partial charge is 0.398 e. The van der Waals surface area contributed by atoms with Crippen LogP contribution in [0.5, 0.6) is 0 Å². The maximum absolute atomic E-state index is 5.97. The fourth-order valence-corrected chi connectivity index (χ4v) is 2.31. The first-order chi connectivity index (χ1) is 7.16. The molecular weight excluding hydrogens is 252 g/mol. The lowest BCUT2D eigenvalue weighted by molar-refractivity contribution is 0.153. The number of benzene rings is 1. The molecule has 0 amide bonds. The van der Waals surface area contributed by atoms with Crippen molar-refractivity contribution in [2.45, 2.75) is 31.8 Å². The average molecular weight is 269 g/mol. The van der Waals surface area contributed by atoms with Gasteiger partial charge in [0.25, 0.3) is 0 Å². The molecule has 2 nitrogen and oxygen atoms in total. The molecule has 0 atom stereocenters. The summed E-state index contributed by atoms with van der Waals surface area (Å²) in [6.45, 7) is 0.962. The Bertz CT molecular complexity index is 347. The van der Waals surface area contributed by atoms with E-state index in [4.69, 9.17) is 5.73 Å². The maximum Gasteiger partial charge on any atom is 0.0371 e. The zero-order valence-corrected chi connectivity index (χ0v) is 10.6. The third kappa shape index (κ3) is 2.52. The van der Waals surface area contributed by atoms with E-state index < -0.39 is 0 Å². The molecule has 0 saturated heterocycles. The summed E-state index contributed by atoms with van der Waals surface area (Å²) in [5, 5.41) is 0. The second kappa shape index (κ2) is 4.54. The Hall–Kier alpha value is -0.540. The molecule has 0 spiro atoms. The first-order valence-corrected chi connectivity index (χ1v) is 6.20. The average Bonchev–Trinajstić information content (AvgIpc) is 2.07. The summed E-state index contributed by atoms with van der Waals surface area (Å²) in [4.78, 5) is 2.41. The van der Waals surface area contributed by atoms with Crippen molar-refractivity contribution in [3.05, 3.63) is 28.2 Å². The van der Waals surface area contributed by atoms with E-state index >= 15 is 0 Å². The standard InChI is InChI=1S/C12H17BrN2/c1-15(11-3-2-4-11)8-9-5-6-10(13)7-12(9)14/h5-7,11H,2-4,8,14H2,1H3. The van der Waals surface area contributed by atoms with E-state index in [1.54, 1.807) is 0 Å². The molecule has 0 unspecified atom stereocenters. The predicted molar refractivity (Wildman–Crippen MR) is 67.7 cm³/mol. The SMILES string of the molecule is CN(Cc1ccc(Br)cc1N)C1CCC1. The molecule has 1 aliphatic rings. The van der Waals surface area contributed by atoms with Crippen molar-refractivity contribution in [2.75, 3.05) is 12.8 Å². The van der Waals surface area contributed by atoms with Gasteiger partial charge in [0.1, 0.15) is 0 Å². The molecule has 1 aliphatic carbocycles. The van der Waals surface area contributed by atoms with Gasteiger partial charge >= 0.3 is 0 Å². The third-order valence-corrected chi connectivity index (χ3v) is 3.72. The number of nitrogens with zero attached hydrogens (tertiary/aromatic N) is 1. The van der Waals surface area contributed by atoms with E-state index in [1.807, 2.05) is 6.07 Å². The molecule has 15 heavy (non-hydrogen) atoms. The van der Waals surface area contributed by atoms with Crippen LogP contribution >= 0.6 is 15.9 Å². The molecular formula is C12H17BrN2. The predicted octanol–water partition coefficient (Wildman–Crippen LogP) is 3.02. The van der Waals surface area contributed by atoms with Crippen LogP contribution in [0.2, 0.25) is 0 Å². The highest BCUT2D eigenvalue weighted by molar-refractivity contribution is 9.10. The summed E-state index contributed by atoms with van der Waals surface area (Å²) in [5.74, 6) is 0. The molecule has 1 saturated carbocycles.